The van der Waals surface area contributed by atoms with Crippen LogP contribution in [-0.4, -0.2) is 18.2 Å². The van der Waals surface area contributed by atoms with E-state index in [9.17, 15) is 8.42 Å². The van der Waals surface area contributed by atoms with E-state index in [-0.39, 0.29) is 4.21 Å². The van der Waals surface area contributed by atoms with Gasteiger partial charge in [0, 0.05) is 26.3 Å². The number of sulfonamides is 1. The molecule has 0 fully saturated rings. The molecule has 104 valence electrons. The van der Waals surface area contributed by atoms with E-state index in [0.717, 1.165) is 17.0 Å². The van der Waals surface area contributed by atoms with Crippen molar-refractivity contribution in [2.45, 2.75) is 17.3 Å². The Balaban J connectivity index is 2.01. The average molecular weight is 321 g/mol. The molecule has 3 N–H and O–H groups in total. The summed E-state index contributed by atoms with van der Waals surface area (Å²) in [6.45, 7) is 0.849. The molecule has 2 aromatic rings. The first-order valence-electron chi connectivity index (χ1n) is 5.36. The SMILES string of the molecule is Cn1cc(Cl)c(CNCc2ccsc2S(N)(=O)=O)n1. The Morgan fingerprint density at radius 1 is 1.53 bits per heavy atom. The van der Waals surface area contributed by atoms with E-state index >= 15 is 0 Å². The molecule has 0 aliphatic carbocycles. The van der Waals surface area contributed by atoms with Crippen molar-refractivity contribution in [1.82, 2.24) is 15.1 Å². The van der Waals surface area contributed by atoms with Crippen molar-refractivity contribution >= 4 is 33.0 Å². The molecule has 0 aliphatic rings. The zero-order chi connectivity index (χ0) is 14.0. The topological polar surface area (TPSA) is 90.0 Å². The molecular formula is C10H13ClN4O2S2. The van der Waals surface area contributed by atoms with Crippen molar-refractivity contribution in [2.24, 2.45) is 12.2 Å². The second-order valence-electron chi connectivity index (χ2n) is 3.98. The van der Waals surface area contributed by atoms with Gasteiger partial charge in [-0.2, -0.15) is 5.10 Å². The quantitative estimate of drug-likeness (QED) is 0.862. The third kappa shape index (κ3) is 3.54. The highest BCUT2D eigenvalue weighted by molar-refractivity contribution is 7.91. The van der Waals surface area contributed by atoms with E-state index in [0.29, 0.717) is 23.7 Å². The van der Waals surface area contributed by atoms with Gasteiger partial charge in [0.2, 0.25) is 10.0 Å². The molecule has 0 spiro atoms. The lowest BCUT2D eigenvalue weighted by atomic mass is 10.3. The van der Waals surface area contributed by atoms with Gasteiger partial charge in [0.25, 0.3) is 0 Å². The molecule has 0 bridgehead atoms. The summed E-state index contributed by atoms with van der Waals surface area (Å²) in [5.41, 5.74) is 1.37. The number of hydrogen-bond acceptors (Lipinski definition) is 5. The average Bonchev–Trinajstić information content (AvgIpc) is 2.85. The number of primary sulfonamides is 1. The Morgan fingerprint density at radius 2 is 2.26 bits per heavy atom. The monoisotopic (exact) mass is 320 g/mol. The number of nitrogens with one attached hydrogen (secondary N) is 1. The number of hydrogen-bond donors (Lipinski definition) is 2. The lowest BCUT2D eigenvalue weighted by Crippen LogP contribution is -2.17. The molecule has 2 aromatic heterocycles. The fraction of sp³-hybridized carbons (Fsp3) is 0.300. The number of rotatable bonds is 5. The highest BCUT2D eigenvalue weighted by Crippen LogP contribution is 2.21. The summed E-state index contributed by atoms with van der Waals surface area (Å²) in [4.78, 5) is 0. The summed E-state index contributed by atoms with van der Waals surface area (Å²) in [6, 6.07) is 1.73. The van der Waals surface area contributed by atoms with Crippen molar-refractivity contribution in [3.8, 4) is 0 Å². The molecule has 9 heteroatoms. The maximum atomic E-state index is 11.3. The first-order valence-corrected chi connectivity index (χ1v) is 8.16. The van der Waals surface area contributed by atoms with E-state index < -0.39 is 10.0 Å². The molecule has 0 aromatic carbocycles. The Bertz CT molecular complexity index is 678. The van der Waals surface area contributed by atoms with E-state index in [1.807, 2.05) is 0 Å². The molecule has 19 heavy (non-hydrogen) atoms. The molecular weight excluding hydrogens is 308 g/mol. The predicted molar refractivity (Wildman–Crippen MR) is 74.5 cm³/mol. The van der Waals surface area contributed by atoms with Gasteiger partial charge in [-0.05, 0) is 17.0 Å². The number of aromatic nitrogens is 2. The predicted octanol–water partition coefficient (Wildman–Crippen LogP) is 1.07. The molecule has 0 saturated carbocycles. The van der Waals surface area contributed by atoms with Crippen molar-refractivity contribution < 1.29 is 8.42 Å². The normalized spacial score (nSPS) is 11.9. The summed E-state index contributed by atoms with van der Waals surface area (Å²) in [5, 5.41) is 14.7. The molecule has 0 aliphatic heterocycles. The molecule has 2 rings (SSSR count). The lowest BCUT2D eigenvalue weighted by molar-refractivity contribution is 0.596. The molecule has 6 nitrogen and oxygen atoms in total. The van der Waals surface area contributed by atoms with E-state index in [1.165, 1.54) is 0 Å². The van der Waals surface area contributed by atoms with Crippen molar-refractivity contribution in [2.75, 3.05) is 0 Å². The van der Waals surface area contributed by atoms with Crippen LogP contribution in [0.5, 0.6) is 0 Å². The summed E-state index contributed by atoms with van der Waals surface area (Å²) in [7, 11) is -1.87. The van der Waals surface area contributed by atoms with Gasteiger partial charge in [-0.15, -0.1) is 11.3 Å². The maximum Gasteiger partial charge on any atom is 0.247 e. The Morgan fingerprint density at radius 3 is 2.84 bits per heavy atom. The zero-order valence-corrected chi connectivity index (χ0v) is 12.5. The van der Waals surface area contributed by atoms with Crippen LogP contribution in [-0.2, 0) is 30.2 Å². The third-order valence-corrected chi connectivity index (χ3v) is 5.26. The Labute approximate surface area is 120 Å². The van der Waals surface area contributed by atoms with Gasteiger partial charge in [-0.3, -0.25) is 4.68 Å². The fourth-order valence-corrected chi connectivity index (χ4v) is 3.75. The number of aryl methyl sites for hydroxylation is 1. The minimum absolute atomic E-state index is 0.187. The molecule has 0 amide bonds. The van der Waals surface area contributed by atoms with Crippen LogP contribution in [0, 0.1) is 0 Å². The molecule has 0 atom stereocenters. The van der Waals surface area contributed by atoms with Gasteiger partial charge in [0.1, 0.15) is 4.21 Å². The van der Waals surface area contributed by atoms with Crippen LogP contribution in [0.1, 0.15) is 11.3 Å². The number of thiophene rings is 1. The highest BCUT2D eigenvalue weighted by Gasteiger charge is 2.15. The van der Waals surface area contributed by atoms with Gasteiger partial charge in [0.05, 0.1) is 10.7 Å². The fourth-order valence-electron chi connectivity index (χ4n) is 1.64. The standard InChI is InChI=1S/C10H13ClN4O2S2/c1-15-6-8(11)9(14-15)5-13-4-7-2-3-18-10(7)19(12,16)17/h2-3,6,13H,4-5H2,1H3,(H2,12,16,17). The Kier molecular flexibility index (Phi) is 4.26. The molecule has 0 radical (unpaired) electrons. The second kappa shape index (κ2) is 5.59. The third-order valence-electron chi connectivity index (χ3n) is 2.43. The van der Waals surface area contributed by atoms with Gasteiger partial charge in [-0.25, -0.2) is 13.6 Å². The zero-order valence-electron chi connectivity index (χ0n) is 10.1. The number of nitrogens with two attached hydrogens (primary N) is 1. The minimum Gasteiger partial charge on any atom is -0.307 e. The van der Waals surface area contributed by atoms with Gasteiger partial charge < -0.3 is 5.32 Å². The number of nitrogens with zero attached hydrogens (tertiary/aromatic N) is 2. The summed E-state index contributed by atoms with van der Waals surface area (Å²) >= 11 is 7.08. The highest BCUT2D eigenvalue weighted by atomic mass is 35.5. The van der Waals surface area contributed by atoms with Crippen molar-refractivity contribution in [3.63, 3.8) is 0 Å². The van der Waals surface area contributed by atoms with Crippen LogP contribution >= 0.6 is 22.9 Å². The van der Waals surface area contributed by atoms with Crippen LogP contribution in [0.15, 0.2) is 21.9 Å². The van der Waals surface area contributed by atoms with Crippen LogP contribution in [0.25, 0.3) is 0 Å². The van der Waals surface area contributed by atoms with Crippen LogP contribution in [0.3, 0.4) is 0 Å². The first kappa shape index (κ1) is 14.5. The second-order valence-corrected chi connectivity index (χ2v) is 7.06. The first-order chi connectivity index (χ1) is 8.88. The largest absolute Gasteiger partial charge is 0.307 e. The van der Waals surface area contributed by atoms with E-state index in [4.69, 9.17) is 16.7 Å². The van der Waals surface area contributed by atoms with Gasteiger partial charge in [-0.1, -0.05) is 11.6 Å². The smallest absolute Gasteiger partial charge is 0.247 e. The van der Waals surface area contributed by atoms with Crippen LogP contribution in [0.2, 0.25) is 5.02 Å². The van der Waals surface area contributed by atoms with Crippen LogP contribution in [0.4, 0.5) is 0 Å². The number of halogens is 1. The van der Waals surface area contributed by atoms with Gasteiger partial charge >= 0.3 is 0 Å². The Hall–Kier alpha value is -0.930. The van der Waals surface area contributed by atoms with Gasteiger partial charge in [0.15, 0.2) is 0 Å². The molecule has 2 heterocycles. The maximum absolute atomic E-state index is 11.3. The van der Waals surface area contributed by atoms with Crippen molar-refractivity contribution in [3.05, 3.63) is 33.9 Å². The molecule has 0 unspecified atom stereocenters. The summed E-state index contributed by atoms with van der Waals surface area (Å²) in [6.07, 6.45) is 1.71. The lowest BCUT2D eigenvalue weighted by Gasteiger charge is -2.03. The summed E-state index contributed by atoms with van der Waals surface area (Å²) < 4.78 is 24.5. The summed E-state index contributed by atoms with van der Waals surface area (Å²) in [5.74, 6) is 0. The van der Waals surface area contributed by atoms with Crippen molar-refractivity contribution in [1.29, 1.82) is 0 Å². The molecule has 0 saturated heterocycles. The minimum atomic E-state index is -3.66. The van der Waals surface area contributed by atoms with E-state index in [1.54, 1.807) is 29.4 Å². The van der Waals surface area contributed by atoms with E-state index in [2.05, 4.69) is 10.4 Å². The van der Waals surface area contributed by atoms with Crippen LogP contribution < -0.4 is 10.5 Å².